The summed E-state index contributed by atoms with van der Waals surface area (Å²) >= 11 is 0. The number of carbonyl (C=O) groups is 1. The second kappa shape index (κ2) is 5.08. The van der Waals surface area contributed by atoms with Crippen LogP contribution in [0.3, 0.4) is 0 Å². The van der Waals surface area contributed by atoms with Crippen LogP contribution in [-0.4, -0.2) is 31.6 Å². The largest absolute Gasteiger partial charge is 0.381 e. The molecule has 2 heterocycles. The highest BCUT2D eigenvalue weighted by Gasteiger charge is 2.32. The predicted molar refractivity (Wildman–Crippen MR) is 58.7 cm³/mol. The van der Waals surface area contributed by atoms with Crippen LogP contribution in [0.1, 0.15) is 32.6 Å². The van der Waals surface area contributed by atoms with Crippen molar-refractivity contribution in [2.45, 2.75) is 38.6 Å². The average Bonchev–Trinajstić information content (AvgIpc) is 2.30. The van der Waals surface area contributed by atoms with Gasteiger partial charge in [0.1, 0.15) is 5.78 Å². The van der Waals surface area contributed by atoms with Gasteiger partial charge < -0.3 is 10.1 Å². The summed E-state index contributed by atoms with van der Waals surface area (Å²) in [4.78, 5) is 12.3. The lowest BCUT2D eigenvalue weighted by Gasteiger charge is -2.32. The highest BCUT2D eigenvalue weighted by atomic mass is 16.5. The Kier molecular flexibility index (Phi) is 3.76. The molecule has 0 aromatic heterocycles. The van der Waals surface area contributed by atoms with E-state index in [1.54, 1.807) is 0 Å². The summed E-state index contributed by atoms with van der Waals surface area (Å²) in [6, 6.07) is 0.370. The average molecular weight is 211 g/mol. The van der Waals surface area contributed by atoms with Crippen LogP contribution in [0, 0.1) is 11.8 Å². The number of rotatable bonds is 2. The predicted octanol–water partition coefficient (Wildman–Crippen LogP) is 1.37. The van der Waals surface area contributed by atoms with Gasteiger partial charge in [-0.05, 0) is 39.2 Å². The molecule has 0 aromatic carbocycles. The molecule has 2 saturated heterocycles. The van der Waals surface area contributed by atoms with Gasteiger partial charge in [0, 0.05) is 31.1 Å². The molecule has 2 unspecified atom stereocenters. The molecule has 2 fully saturated rings. The van der Waals surface area contributed by atoms with Gasteiger partial charge in [0.2, 0.25) is 0 Å². The molecule has 0 aromatic rings. The third-order valence-electron chi connectivity index (χ3n) is 3.75. The zero-order valence-corrected chi connectivity index (χ0v) is 9.50. The molecule has 15 heavy (non-hydrogen) atoms. The van der Waals surface area contributed by atoms with Crippen molar-refractivity contribution in [3.63, 3.8) is 0 Å². The molecule has 1 N–H and O–H groups in total. The van der Waals surface area contributed by atoms with Crippen LogP contribution in [-0.2, 0) is 9.53 Å². The summed E-state index contributed by atoms with van der Waals surface area (Å²) in [5, 5.41) is 3.40. The van der Waals surface area contributed by atoms with Crippen molar-refractivity contribution in [2.24, 2.45) is 11.8 Å². The minimum atomic E-state index is 0.252. The number of ether oxygens (including phenoxy) is 1. The van der Waals surface area contributed by atoms with Gasteiger partial charge in [-0.2, -0.15) is 0 Å². The van der Waals surface area contributed by atoms with E-state index in [4.69, 9.17) is 4.74 Å². The van der Waals surface area contributed by atoms with E-state index in [2.05, 4.69) is 12.2 Å². The van der Waals surface area contributed by atoms with Crippen LogP contribution in [0.4, 0.5) is 0 Å². The Morgan fingerprint density at radius 2 is 2.00 bits per heavy atom. The highest BCUT2D eigenvalue weighted by Crippen LogP contribution is 2.25. The normalized spacial score (nSPS) is 33.9. The maximum atomic E-state index is 12.3. The summed E-state index contributed by atoms with van der Waals surface area (Å²) < 4.78 is 5.30. The molecule has 2 aliphatic rings. The van der Waals surface area contributed by atoms with E-state index in [1.807, 2.05) is 0 Å². The van der Waals surface area contributed by atoms with Crippen molar-refractivity contribution in [2.75, 3.05) is 19.8 Å². The lowest BCUT2D eigenvalue weighted by atomic mass is 9.80. The van der Waals surface area contributed by atoms with Crippen LogP contribution in [0.25, 0.3) is 0 Å². The molecule has 0 aliphatic carbocycles. The molecule has 0 spiro atoms. The number of hydrogen-bond donors (Lipinski definition) is 1. The van der Waals surface area contributed by atoms with Gasteiger partial charge in [0.15, 0.2) is 0 Å². The number of carbonyl (C=O) groups excluding carboxylic acids is 1. The zero-order chi connectivity index (χ0) is 10.7. The quantitative estimate of drug-likeness (QED) is 0.749. The molecule has 0 bridgehead atoms. The van der Waals surface area contributed by atoms with Crippen molar-refractivity contribution in [3.05, 3.63) is 0 Å². The Morgan fingerprint density at radius 1 is 1.27 bits per heavy atom. The monoisotopic (exact) mass is 211 g/mol. The minimum Gasteiger partial charge on any atom is -0.381 e. The Balaban J connectivity index is 1.92. The molecule has 3 nitrogen and oxygen atoms in total. The Hall–Kier alpha value is -0.410. The van der Waals surface area contributed by atoms with Gasteiger partial charge in [0.05, 0.1) is 0 Å². The number of nitrogens with one attached hydrogen (secondary N) is 1. The summed E-state index contributed by atoms with van der Waals surface area (Å²) in [6.07, 6.45) is 4.08. The van der Waals surface area contributed by atoms with E-state index in [0.717, 1.165) is 45.4 Å². The molecular weight excluding hydrogens is 190 g/mol. The first-order chi connectivity index (χ1) is 7.29. The number of hydrogen-bond acceptors (Lipinski definition) is 3. The molecule has 0 radical (unpaired) electrons. The Labute approximate surface area is 91.6 Å². The van der Waals surface area contributed by atoms with Gasteiger partial charge >= 0.3 is 0 Å². The van der Waals surface area contributed by atoms with Gasteiger partial charge in [0.25, 0.3) is 0 Å². The first-order valence-corrected chi connectivity index (χ1v) is 6.14. The van der Waals surface area contributed by atoms with Crippen LogP contribution >= 0.6 is 0 Å². The lowest BCUT2D eigenvalue weighted by Crippen LogP contribution is -2.45. The first kappa shape index (κ1) is 11.1. The van der Waals surface area contributed by atoms with Crippen LogP contribution in [0.15, 0.2) is 0 Å². The Bertz CT molecular complexity index is 224. The summed E-state index contributed by atoms with van der Waals surface area (Å²) in [7, 11) is 0. The van der Waals surface area contributed by atoms with Gasteiger partial charge in [-0.1, -0.05) is 0 Å². The maximum absolute atomic E-state index is 12.3. The maximum Gasteiger partial charge on any atom is 0.140 e. The SMILES string of the molecule is CC1NCCCC1C(=O)C1CCOCC1. The topological polar surface area (TPSA) is 38.3 Å². The van der Waals surface area contributed by atoms with Crippen molar-refractivity contribution in [3.8, 4) is 0 Å². The van der Waals surface area contributed by atoms with Crippen LogP contribution < -0.4 is 5.32 Å². The molecule has 2 rings (SSSR count). The highest BCUT2D eigenvalue weighted by molar-refractivity contribution is 5.84. The third-order valence-corrected chi connectivity index (χ3v) is 3.75. The minimum absolute atomic E-state index is 0.252. The van der Waals surface area contributed by atoms with Crippen molar-refractivity contribution in [1.82, 2.24) is 5.32 Å². The van der Waals surface area contributed by atoms with Gasteiger partial charge in [-0.15, -0.1) is 0 Å². The molecular formula is C12H21NO2. The number of ketones is 1. The summed E-state index contributed by atoms with van der Waals surface area (Å²) in [6.45, 7) is 4.75. The van der Waals surface area contributed by atoms with Crippen molar-refractivity contribution in [1.29, 1.82) is 0 Å². The van der Waals surface area contributed by atoms with E-state index in [1.165, 1.54) is 0 Å². The molecule has 2 atom stereocenters. The van der Waals surface area contributed by atoms with Crippen molar-refractivity contribution >= 4 is 5.78 Å². The summed E-state index contributed by atoms with van der Waals surface area (Å²) in [5.74, 6) is 1.01. The van der Waals surface area contributed by atoms with E-state index < -0.39 is 0 Å². The van der Waals surface area contributed by atoms with Crippen LogP contribution in [0.5, 0.6) is 0 Å². The fourth-order valence-electron chi connectivity index (χ4n) is 2.72. The second-order valence-corrected chi connectivity index (χ2v) is 4.78. The van der Waals surface area contributed by atoms with Crippen LogP contribution in [0.2, 0.25) is 0 Å². The Morgan fingerprint density at radius 3 is 2.67 bits per heavy atom. The number of piperidine rings is 1. The van der Waals surface area contributed by atoms with E-state index in [-0.39, 0.29) is 11.8 Å². The van der Waals surface area contributed by atoms with Gasteiger partial charge in [-0.3, -0.25) is 4.79 Å². The molecule has 2 aliphatic heterocycles. The fourth-order valence-corrected chi connectivity index (χ4v) is 2.72. The third kappa shape index (κ3) is 2.58. The second-order valence-electron chi connectivity index (χ2n) is 4.78. The van der Waals surface area contributed by atoms with E-state index in [0.29, 0.717) is 11.8 Å². The van der Waals surface area contributed by atoms with Gasteiger partial charge in [-0.25, -0.2) is 0 Å². The standard InChI is InChI=1S/C12H21NO2/c1-9-11(3-2-6-13-9)12(14)10-4-7-15-8-5-10/h9-11,13H,2-8H2,1H3. The van der Waals surface area contributed by atoms with Crippen molar-refractivity contribution < 1.29 is 9.53 Å². The number of Topliss-reactive ketones (excluding diaryl/α,β-unsaturated/α-hetero) is 1. The lowest BCUT2D eigenvalue weighted by molar-refractivity contribution is -0.131. The first-order valence-electron chi connectivity index (χ1n) is 6.14. The zero-order valence-electron chi connectivity index (χ0n) is 9.50. The van der Waals surface area contributed by atoms with E-state index in [9.17, 15) is 4.79 Å². The van der Waals surface area contributed by atoms with E-state index >= 15 is 0 Å². The molecule has 86 valence electrons. The molecule has 3 heteroatoms. The summed E-state index contributed by atoms with van der Waals surface area (Å²) in [5.41, 5.74) is 0. The fraction of sp³-hybridized carbons (Fsp3) is 0.917. The molecule has 0 amide bonds. The molecule has 0 saturated carbocycles. The smallest absolute Gasteiger partial charge is 0.140 e.